The molecule has 0 bridgehead atoms. The summed E-state index contributed by atoms with van der Waals surface area (Å²) in [7, 11) is 0. The first-order valence-electron chi connectivity index (χ1n) is 8.72. The van der Waals surface area contributed by atoms with Gasteiger partial charge in [0.15, 0.2) is 6.61 Å². The van der Waals surface area contributed by atoms with Crippen LogP contribution in [0.5, 0.6) is 5.75 Å². The Bertz CT molecular complexity index is 608. The van der Waals surface area contributed by atoms with E-state index in [-0.39, 0.29) is 24.3 Å². The van der Waals surface area contributed by atoms with Crippen molar-refractivity contribution in [3.05, 3.63) is 35.9 Å². The third-order valence-corrected chi connectivity index (χ3v) is 4.08. The summed E-state index contributed by atoms with van der Waals surface area (Å²) in [4.78, 5) is 23.5. The van der Waals surface area contributed by atoms with E-state index in [9.17, 15) is 18.4 Å². The molecule has 0 atom stereocenters. The van der Waals surface area contributed by atoms with Crippen LogP contribution in [0.4, 0.5) is 8.78 Å². The summed E-state index contributed by atoms with van der Waals surface area (Å²) in [5.41, 5.74) is 0.617. The normalized spacial score (nSPS) is 15.7. The van der Waals surface area contributed by atoms with Gasteiger partial charge in [0.25, 0.3) is 5.91 Å². The van der Waals surface area contributed by atoms with E-state index in [1.54, 1.807) is 0 Å². The maximum absolute atomic E-state index is 12.1. The van der Waals surface area contributed by atoms with Crippen LogP contribution in [-0.4, -0.2) is 31.1 Å². The van der Waals surface area contributed by atoms with Crippen molar-refractivity contribution in [2.45, 2.75) is 51.2 Å². The topological polar surface area (TPSA) is 64.6 Å². The van der Waals surface area contributed by atoms with Crippen LogP contribution in [0.2, 0.25) is 0 Å². The van der Waals surface area contributed by atoms with Gasteiger partial charge in [0, 0.05) is 12.1 Å². The predicted molar refractivity (Wildman–Crippen MR) is 92.7 cm³/mol. The molecule has 0 aromatic heterocycles. The second kappa shape index (κ2) is 10.5. The largest absolute Gasteiger partial charge is 0.452 e. The van der Waals surface area contributed by atoms with Gasteiger partial charge in [-0.1, -0.05) is 37.8 Å². The number of carbonyl (C=O) groups excluding carboxylic acids is 2. The van der Waals surface area contributed by atoms with Crippen molar-refractivity contribution >= 4 is 18.0 Å². The minimum Gasteiger partial charge on any atom is -0.452 e. The predicted octanol–water partition coefficient (Wildman–Crippen LogP) is 3.68. The number of amides is 1. The highest BCUT2D eigenvalue weighted by molar-refractivity contribution is 5.89. The molecule has 1 aromatic rings. The molecule has 5 nitrogen and oxygen atoms in total. The van der Waals surface area contributed by atoms with Gasteiger partial charge in [0.2, 0.25) is 0 Å². The van der Waals surface area contributed by atoms with E-state index >= 15 is 0 Å². The van der Waals surface area contributed by atoms with Crippen LogP contribution in [0.1, 0.15) is 44.1 Å². The first kappa shape index (κ1) is 19.9. The lowest BCUT2D eigenvalue weighted by molar-refractivity contribution is -0.144. The van der Waals surface area contributed by atoms with Crippen molar-refractivity contribution in [3.63, 3.8) is 0 Å². The molecule has 26 heavy (non-hydrogen) atoms. The van der Waals surface area contributed by atoms with Crippen LogP contribution in [0.15, 0.2) is 30.3 Å². The average Bonchev–Trinajstić information content (AvgIpc) is 2.87. The Labute approximate surface area is 151 Å². The minimum atomic E-state index is -2.88. The molecule has 1 aliphatic carbocycles. The standard InChI is InChI=1S/C19H23F2NO4/c20-19(21)26-16-10-7-14(8-11-16)9-12-18(24)25-13-17(23)22-15-5-3-1-2-4-6-15/h7-12,15,19H,1-6,13H2,(H,22,23)/b12-9+. The van der Waals surface area contributed by atoms with E-state index < -0.39 is 12.6 Å². The molecule has 1 aromatic carbocycles. The number of esters is 1. The molecule has 0 saturated heterocycles. The lowest BCUT2D eigenvalue weighted by Gasteiger charge is -2.15. The average molecular weight is 367 g/mol. The number of benzene rings is 1. The molecule has 1 fully saturated rings. The molecular weight excluding hydrogens is 344 g/mol. The fourth-order valence-corrected chi connectivity index (χ4v) is 2.80. The monoisotopic (exact) mass is 367 g/mol. The molecule has 0 heterocycles. The Morgan fingerprint density at radius 1 is 1.12 bits per heavy atom. The lowest BCUT2D eigenvalue weighted by atomic mass is 10.1. The van der Waals surface area contributed by atoms with E-state index in [1.165, 1.54) is 49.3 Å². The summed E-state index contributed by atoms with van der Waals surface area (Å²) >= 11 is 0. The Morgan fingerprint density at radius 3 is 2.38 bits per heavy atom. The first-order chi connectivity index (χ1) is 12.5. The van der Waals surface area contributed by atoms with Crippen molar-refractivity contribution in [1.82, 2.24) is 5.32 Å². The van der Waals surface area contributed by atoms with Gasteiger partial charge in [0.1, 0.15) is 5.75 Å². The zero-order valence-corrected chi connectivity index (χ0v) is 14.5. The molecule has 142 valence electrons. The molecule has 7 heteroatoms. The van der Waals surface area contributed by atoms with Crippen LogP contribution < -0.4 is 10.1 Å². The SMILES string of the molecule is O=C(COC(=O)/C=C/c1ccc(OC(F)F)cc1)NC1CCCCCC1. The van der Waals surface area contributed by atoms with Crippen LogP contribution in [0, 0.1) is 0 Å². The van der Waals surface area contributed by atoms with E-state index in [0.29, 0.717) is 5.56 Å². The summed E-state index contributed by atoms with van der Waals surface area (Å²) in [6, 6.07) is 5.96. The zero-order valence-electron chi connectivity index (χ0n) is 14.5. The second-order valence-corrected chi connectivity index (χ2v) is 6.14. The number of alkyl halides is 2. The molecule has 0 spiro atoms. The highest BCUT2D eigenvalue weighted by Gasteiger charge is 2.15. The number of rotatable bonds is 7. The molecule has 2 rings (SSSR count). The van der Waals surface area contributed by atoms with Gasteiger partial charge >= 0.3 is 12.6 Å². The molecule has 1 aliphatic rings. The Balaban J connectivity index is 1.71. The molecule has 0 radical (unpaired) electrons. The first-order valence-corrected chi connectivity index (χ1v) is 8.72. The highest BCUT2D eigenvalue weighted by Crippen LogP contribution is 2.17. The van der Waals surface area contributed by atoms with E-state index in [0.717, 1.165) is 25.7 Å². The zero-order chi connectivity index (χ0) is 18.8. The van der Waals surface area contributed by atoms with Crippen LogP contribution in [-0.2, 0) is 14.3 Å². The molecule has 1 amide bonds. The maximum atomic E-state index is 12.1. The van der Waals surface area contributed by atoms with Crippen molar-refractivity contribution < 1.29 is 27.8 Å². The van der Waals surface area contributed by atoms with Crippen LogP contribution in [0.3, 0.4) is 0 Å². The summed E-state index contributed by atoms with van der Waals surface area (Å²) in [5.74, 6) is -0.906. The molecule has 0 unspecified atom stereocenters. The number of halogens is 2. The Hall–Kier alpha value is -2.44. The van der Waals surface area contributed by atoms with Gasteiger partial charge in [-0.15, -0.1) is 0 Å². The van der Waals surface area contributed by atoms with Crippen molar-refractivity contribution in [1.29, 1.82) is 0 Å². The fraction of sp³-hybridized carbons (Fsp3) is 0.474. The third kappa shape index (κ3) is 7.63. The van der Waals surface area contributed by atoms with Crippen molar-refractivity contribution in [2.75, 3.05) is 6.61 Å². The fourth-order valence-electron chi connectivity index (χ4n) is 2.80. The number of hydrogen-bond donors (Lipinski definition) is 1. The van der Waals surface area contributed by atoms with Crippen molar-refractivity contribution in [2.24, 2.45) is 0 Å². The van der Waals surface area contributed by atoms with Gasteiger partial charge in [-0.2, -0.15) is 8.78 Å². The van der Waals surface area contributed by atoms with Crippen LogP contribution >= 0.6 is 0 Å². The molecule has 0 aliphatic heterocycles. The molecular formula is C19H23F2NO4. The van der Waals surface area contributed by atoms with E-state index in [1.807, 2.05) is 0 Å². The quantitative estimate of drug-likeness (QED) is 0.454. The Morgan fingerprint density at radius 2 is 1.77 bits per heavy atom. The third-order valence-electron chi connectivity index (χ3n) is 4.08. The minimum absolute atomic E-state index is 0.0370. The number of nitrogens with one attached hydrogen (secondary N) is 1. The van der Waals surface area contributed by atoms with Crippen molar-refractivity contribution in [3.8, 4) is 5.75 Å². The number of ether oxygens (including phenoxy) is 2. The van der Waals surface area contributed by atoms with Gasteiger partial charge < -0.3 is 14.8 Å². The van der Waals surface area contributed by atoms with Gasteiger partial charge in [-0.3, -0.25) is 4.79 Å². The summed E-state index contributed by atoms with van der Waals surface area (Å²) in [6.07, 6.45) is 9.18. The second-order valence-electron chi connectivity index (χ2n) is 6.14. The van der Waals surface area contributed by atoms with Gasteiger partial charge in [-0.25, -0.2) is 4.79 Å². The molecule has 1 saturated carbocycles. The maximum Gasteiger partial charge on any atom is 0.387 e. The van der Waals surface area contributed by atoms with E-state index in [4.69, 9.17) is 4.74 Å². The van der Waals surface area contributed by atoms with Crippen LogP contribution in [0.25, 0.3) is 6.08 Å². The Kier molecular flexibility index (Phi) is 8.05. The summed E-state index contributed by atoms with van der Waals surface area (Å²) in [6.45, 7) is -3.20. The number of hydrogen-bond acceptors (Lipinski definition) is 4. The molecule has 1 N–H and O–H groups in total. The summed E-state index contributed by atoms with van der Waals surface area (Å²) < 4.78 is 33.3. The summed E-state index contributed by atoms with van der Waals surface area (Å²) in [5, 5.41) is 2.89. The highest BCUT2D eigenvalue weighted by atomic mass is 19.3. The lowest BCUT2D eigenvalue weighted by Crippen LogP contribution is -2.37. The van der Waals surface area contributed by atoms with Gasteiger partial charge in [0.05, 0.1) is 0 Å². The van der Waals surface area contributed by atoms with Gasteiger partial charge in [-0.05, 0) is 36.6 Å². The van der Waals surface area contributed by atoms with E-state index in [2.05, 4.69) is 10.1 Å². The smallest absolute Gasteiger partial charge is 0.387 e. The number of carbonyl (C=O) groups is 2.